The van der Waals surface area contributed by atoms with Crippen LogP contribution in [-0.4, -0.2) is 89.6 Å². The van der Waals surface area contributed by atoms with E-state index in [9.17, 15) is 14.4 Å². The molecule has 1 aliphatic carbocycles. The summed E-state index contributed by atoms with van der Waals surface area (Å²) >= 11 is 0. The third-order valence-electron chi connectivity index (χ3n) is 8.88. The van der Waals surface area contributed by atoms with Crippen LogP contribution < -0.4 is 32.3 Å². The molecule has 1 atom stereocenters. The second kappa shape index (κ2) is 12.3. The summed E-state index contributed by atoms with van der Waals surface area (Å²) in [5.41, 5.74) is 18.1. The lowest BCUT2D eigenvalue weighted by atomic mass is 9.93. The number of nitrogens with two attached hydrogens (primary N) is 2. The van der Waals surface area contributed by atoms with E-state index in [-0.39, 0.29) is 52.9 Å². The Kier molecular flexibility index (Phi) is 8.26. The second-order valence-electron chi connectivity index (χ2n) is 12.4. The predicted octanol–water partition coefficient (Wildman–Crippen LogP) is 1.74. The molecule has 3 amide bonds. The van der Waals surface area contributed by atoms with Crippen LogP contribution in [0, 0.1) is 0 Å². The van der Waals surface area contributed by atoms with Gasteiger partial charge in [0.1, 0.15) is 17.1 Å². The molecule has 2 aliphatic heterocycles. The molecule has 6 rings (SSSR count). The topological polar surface area (TPSA) is 180 Å². The minimum absolute atomic E-state index is 0.0121. The average Bonchev–Trinajstić information content (AvgIpc) is 3.76. The molecule has 14 heteroatoms. The first-order valence-corrected chi connectivity index (χ1v) is 15.6. The third-order valence-corrected chi connectivity index (χ3v) is 8.88. The maximum Gasteiger partial charge on any atom is 0.272 e. The Bertz CT molecular complexity index is 1800. The van der Waals surface area contributed by atoms with Gasteiger partial charge in [0.25, 0.3) is 17.7 Å². The van der Waals surface area contributed by atoms with Crippen LogP contribution in [0.2, 0.25) is 0 Å². The van der Waals surface area contributed by atoms with Crippen LogP contribution in [0.25, 0.3) is 11.1 Å². The lowest BCUT2D eigenvalue weighted by Gasteiger charge is -2.42. The molecule has 7 N–H and O–H groups in total. The van der Waals surface area contributed by atoms with Crippen LogP contribution in [0.15, 0.2) is 65.9 Å². The largest absolute Gasteiger partial charge is 0.393 e. The molecule has 47 heavy (non-hydrogen) atoms. The highest BCUT2D eigenvalue weighted by Gasteiger charge is 2.39. The summed E-state index contributed by atoms with van der Waals surface area (Å²) in [4.78, 5) is 48.2. The van der Waals surface area contributed by atoms with Crippen LogP contribution >= 0.6 is 0 Å². The number of nitrogens with one attached hydrogen (secondary N) is 3. The predicted molar refractivity (Wildman–Crippen MR) is 179 cm³/mol. The van der Waals surface area contributed by atoms with Gasteiger partial charge in [-0.05, 0) is 38.0 Å². The van der Waals surface area contributed by atoms with Gasteiger partial charge in [-0.25, -0.2) is 4.98 Å². The van der Waals surface area contributed by atoms with Crippen LogP contribution in [0.5, 0.6) is 0 Å². The smallest absolute Gasteiger partial charge is 0.272 e. The highest BCUT2D eigenvalue weighted by atomic mass is 16.2. The Morgan fingerprint density at radius 3 is 2.40 bits per heavy atom. The number of benzene rings is 1. The highest BCUT2D eigenvalue weighted by Crippen LogP contribution is 2.48. The summed E-state index contributed by atoms with van der Waals surface area (Å²) in [5, 5.41) is 14.0. The van der Waals surface area contributed by atoms with E-state index < -0.39 is 0 Å². The van der Waals surface area contributed by atoms with Crippen LogP contribution in [0.3, 0.4) is 0 Å². The van der Waals surface area contributed by atoms with Crippen molar-refractivity contribution >= 4 is 29.1 Å². The van der Waals surface area contributed by atoms with Crippen molar-refractivity contribution in [3.8, 4) is 11.1 Å². The molecule has 1 unspecified atom stereocenters. The van der Waals surface area contributed by atoms with Crippen molar-refractivity contribution in [2.24, 2.45) is 11.5 Å². The van der Waals surface area contributed by atoms with E-state index in [0.717, 1.165) is 41.0 Å². The van der Waals surface area contributed by atoms with Gasteiger partial charge in [0.2, 0.25) is 0 Å². The zero-order chi connectivity index (χ0) is 33.6. The van der Waals surface area contributed by atoms with Crippen molar-refractivity contribution in [1.29, 1.82) is 0 Å². The minimum atomic E-state index is -0.344. The number of rotatable bonds is 9. The monoisotopic (exact) mass is 639 g/mol. The van der Waals surface area contributed by atoms with E-state index >= 15 is 0 Å². The van der Waals surface area contributed by atoms with Crippen molar-refractivity contribution in [2.75, 3.05) is 51.5 Å². The Balaban J connectivity index is 1.25. The molecule has 0 bridgehead atoms. The molecule has 2 fully saturated rings. The summed E-state index contributed by atoms with van der Waals surface area (Å²) < 4.78 is 2.02. The van der Waals surface area contributed by atoms with E-state index in [1.807, 2.05) is 36.1 Å². The fourth-order valence-corrected chi connectivity index (χ4v) is 5.91. The van der Waals surface area contributed by atoms with Crippen LogP contribution in [0.1, 0.15) is 58.5 Å². The standard InChI is InChI=1S/C33H41N11O3/c1-18-29-22(15-37-44(29)20-16-43(17-20)33(47)25-11-7-10-24(40-25)32(46)41(3)4)21-8-6-9-23(30(21)42(18)5)39-26(14-27(34)36-2)28(35)31(45)38-19-12-13-19/h6-11,14-15,18-20,36,39H,12-13,16-17,34-35H2,1-5H3,(H,38,45)/b27-14+,28-26+. The Hall–Kier alpha value is -5.53. The molecule has 1 aromatic carbocycles. The SMILES string of the molecule is CN/C(N)=C/C(Nc1cccc2c1N(C)C(C)c1c-2cnn1C1CN(C(=O)c2cccc(C(=O)N(C)C)n2)C1)=C(\N)C(=O)NC1CC1. The number of nitrogens with zero attached hydrogens (tertiary/aromatic N) is 6. The number of anilines is 2. The van der Waals surface area contributed by atoms with E-state index in [1.54, 1.807) is 50.3 Å². The van der Waals surface area contributed by atoms with E-state index in [2.05, 4.69) is 32.8 Å². The van der Waals surface area contributed by atoms with Crippen molar-refractivity contribution in [3.63, 3.8) is 0 Å². The first-order chi connectivity index (χ1) is 22.5. The molecule has 0 spiro atoms. The Morgan fingerprint density at radius 2 is 1.72 bits per heavy atom. The molecular formula is C33H41N11O3. The van der Waals surface area contributed by atoms with Gasteiger partial charge in [0.05, 0.1) is 46.9 Å². The number of carbonyl (C=O) groups is 3. The summed E-state index contributed by atoms with van der Waals surface area (Å²) in [6, 6.07) is 10.9. The molecule has 3 aromatic rings. The van der Waals surface area contributed by atoms with E-state index in [4.69, 9.17) is 16.6 Å². The summed E-state index contributed by atoms with van der Waals surface area (Å²) in [6.07, 6.45) is 5.38. The van der Waals surface area contributed by atoms with E-state index in [0.29, 0.717) is 24.6 Å². The number of likely N-dealkylation sites (tertiary alicyclic amines) is 1. The number of carbonyl (C=O) groups excluding carboxylic acids is 3. The van der Waals surface area contributed by atoms with Crippen molar-refractivity contribution in [2.45, 2.75) is 37.9 Å². The molecule has 4 heterocycles. The Labute approximate surface area is 273 Å². The molecule has 3 aliphatic rings. The maximum absolute atomic E-state index is 13.3. The molecule has 2 aromatic heterocycles. The average molecular weight is 640 g/mol. The number of hydrogen-bond donors (Lipinski definition) is 5. The van der Waals surface area contributed by atoms with Crippen LogP contribution in [-0.2, 0) is 4.79 Å². The van der Waals surface area contributed by atoms with Crippen molar-refractivity contribution < 1.29 is 14.4 Å². The first kappa shape index (κ1) is 31.5. The molecule has 246 valence electrons. The number of para-hydroxylation sites is 1. The van der Waals surface area contributed by atoms with Crippen LogP contribution in [0.4, 0.5) is 11.4 Å². The van der Waals surface area contributed by atoms with Gasteiger partial charge in [0.15, 0.2) is 0 Å². The van der Waals surface area contributed by atoms with Gasteiger partial charge in [0, 0.05) is 64.5 Å². The fourth-order valence-electron chi connectivity index (χ4n) is 5.91. The van der Waals surface area contributed by atoms with Gasteiger partial charge in [-0.1, -0.05) is 18.2 Å². The molecule has 14 nitrogen and oxygen atoms in total. The zero-order valence-electron chi connectivity index (χ0n) is 27.2. The van der Waals surface area contributed by atoms with Gasteiger partial charge in [-0.3, -0.25) is 19.1 Å². The van der Waals surface area contributed by atoms with Gasteiger partial charge in [-0.15, -0.1) is 0 Å². The molecular weight excluding hydrogens is 598 g/mol. The lowest BCUT2D eigenvalue weighted by Crippen LogP contribution is -2.52. The number of hydrogen-bond acceptors (Lipinski definition) is 10. The minimum Gasteiger partial charge on any atom is -0.393 e. The number of amides is 3. The lowest BCUT2D eigenvalue weighted by molar-refractivity contribution is -0.117. The maximum atomic E-state index is 13.3. The number of pyridine rings is 1. The zero-order valence-corrected chi connectivity index (χ0v) is 27.2. The summed E-state index contributed by atoms with van der Waals surface area (Å²) in [5.74, 6) is -0.467. The molecule has 0 radical (unpaired) electrons. The second-order valence-corrected chi connectivity index (χ2v) is 12.4. The van der Waals surface area contributed by atoms with Gasteiger partial charge in [-0.2, -0.15) is 5.10 Å². The Morgan fingerprint density at radius 1 is 1.02 bits per heavy atom. The quantitative estimate of drug-likeness (QED) is 0.171. The third kappa shape index (κ3) is 5.93. The number of aromatic nitrogens is 3. The first-order valence-electron chi connectivity index (χ1n) is 15.6. The summed E-state index contributed by atoms with van der Waals surface area (Å²) in [6.45, 7) is 3.06. The normalized spacial score (nSPS) is 18.0. The molecule has 1 saturated carbocycles. The number of allylic oxidation sites excluding steroid dienone is 1. The van der Waals surface area contributed by atoms with Gasteiger partial charge < -0.3 is 42.1 Å². The van der Waals surface area contributed by atoms with Crippen molar-refractivity contribution in [3.05, 3.63) is 83.0 Å². The number of fused-ring (bicyclic) bond motifs is 3. The van der Waals surface area contributed by atoms with E-state index in [1.165, 1.54) is 4.90 Å². The van der Waals surface area contributed by atoms with Crippen molar-refractivity contribution in [1.82, 2.24) is 35.2 Å². The fraction of sp³-hybridized carbons (Fsp3) is 0.364. The highest BCUT2D eigenvalue weighted by molar-refractivity contribution is 5.97. The summed E-state index contributed by atoms with van der Waals surface area (Å²) in [7, 11) is 7.02. The van der Waals surface area contributed by atoms with Gasteiger partial charge >= 0.3 is 0 Å². The molecule has 1 saturated heterocycles.